The van der Waals surface area contributed by atoms with E-state index in [9.17, 15) is 4.79 Å². The van der Waals surface area contributed by atoms with Gasteiger partial charge in [-0.3, -0.25) is 4.79 Å². The highest BCUT2D eigenvalue weighted by Crippen LogP contribution is 1.95. The number of unbranched alkanes of at least 4 members (excludes halogenated alkanes) is 1. The first-order valence-corrected chi connectivity index (χ1v) is 3.92. The Labute approximate surface area is 72.7 Å². The maximum absolute atomic E-state index is 11.1. The highest BCUT2D eigenvalue weighted by atomic mass is 16.2. The zero-order chi connectivity index (χ0) is 9.61. The number of nitrogens with two attached hydrogens (primary N) is 1. The molecule has 0 bridgehead atoms. The van der Waals surface area contributed by atoms with Crippen molar-refractivity contribution in [1.82, 2.24) is 5.32 Å². The Hall–Kier alpha value is -1.08. The zero-order valence-corrected chi connectivity index (χ0v) is 7.55. The van der Waals surface area contributed by atoms with Gasteiger partial charge in [0.25, 0.3) is 0 Å². The molecule has 0 saturated heterocycles. The lowest BCUT2D eigenvalue weighted by molar-refractivity contribution is -0.125. The summed E-state index contributed by atoms with van der Waals surface area (Å²) in [5.41, 5.74) is 4.69. The number of nitrogens with one attached hydrogen (secondary N) is 1. The lowest BCUT2D eigenvalue weighted by atomic mass is 10.1. The first-order chi connectivity index (χ1) is 5.48. The van der Waals surface area contributed by atoms with Crippen LogP contribution in [0.15, 0.2) is 0 Å². The second-order valence-electron chi connectivity index (χ2n) is 3.24. The van der Waals surface area contributed by atoms with E-state index in [1.807, 2.05) is 6.07 Å². The number of hydrogen-bond donors (Lipinski definition) is 2. The summed E-state index contributed by atoms with van der Waals surface area (Å²) in [6.07, 6.45) is 1.14. The van der Waals surface area contributed by atoms with E-state index in [1.165, 1.54) is 0 Å². The van der Waals surface area contributed by atoms with Crippen molar-refractivity contribution in [2.24, 2.45) is 5.73 Å². The average molecular weight is 169 g/mol. The Morgan fingerprint density at radius 2 is 2.25 bits per heavy atom. The Kier molecular flexibility index (Phi) is 4.30. The molecule has 0 spiro atoms. The minimum atomic E-state index is -0.827. The molecule has 0 aliphatic rings. The van der Waals surface area contributed by atoms with E-state index in [0.717, 1.165) is 0 Å². The molecule has 0 aromatic heterocycles. The fourth-order valence-corrected chi connectivity index (χ4v) is 0.597. The molecular formula is C8H15N3O. The number of rotatable bonds is 4. The molecule has 0 radical (unpaired) electrons. The molecule has 1 amide bonds. The van der Waals surface area contributed by atoms with Crippen molar-refractivity contribution >= 4 is 5.91 Å². The third-order valence-corrected chi connectivity index (χ3v) is 1.34. The molecule has 0 aliphatic heterocycles. The molecule has 0 aromatic rings. The number of carbonyl (C=O) groups excluding carboxylic acids is 1. The van der Waals surface area contributed by atoms with Crippen LogP contribution in [0.1, 0.15) is 26.7 Å². The van der Waals surface area contributed by atoms with E-state index in [0.29, 0.717) is 19.4 Å². The summed E-state index contributed by atoms with van der Waals surface area (Å²) in [7, 11) is 0. The van der Waals surface area contributed by atoms with Crippen molar-refractivity contribution < 1.29 is 4.79 Å². The van der Waals surface area contributed by atoms with Crippen molar-refractivity contribution in [1.29, 1.82) is 5.26 Å². The molecule has 0 aliphatic carbocycles. The van der Waals surface area contributed by atoms with Crippen LogP contribution in [-0.4, -0.2) is 18.0 Å². The molecule has 12 heavy (non-hydrogen) atoms. The predicted octanol–water partition coefficient (Wildman–Crippen LogP) is 0.144. The molecule has 0 unspecified atom stereocenters. The Balaban J connectivity index is 3.53. The molecule has 0 fully saturated rings. The van der Waals surface area contributed by atoms with Gasteiger partial charge in [0.05, 0.1) is 11.6 Å². The van der Waals surface area contributed by atoms with Crippen LogP contribution in [0.5, 0.6) is 0 Å². The third-order valence-electron chi connectivity index (χ3n) is 1.34. The normalized spacial score (nSPS) is 10.5. The average Bonchev–Trinajstić information content (AvgIpc) is 1.96. The van der Waals surface area contributed by atoms with E-state index in [1.54, 1.807) is 13.8 Å². The van der Waals surface area contributed by atoms with Crippen LogP contribution in [0.25, 0.3) is 0 Å². The van der Waals surface area contributed by atoms with Crippen LogP contribution in [-0.2, 0) is 4.79 Å². The van der Waals surface area contributed by atoms with Gasteiger partial charge in [0.2, 0.25) is 5.91 Å². The largest absolute Gasteiger partial charge is 0.354 e. The summed E-state index contributed by atoms with van der Waals surface area (Å²) in [5.74, 6) is -0.180. The lowest BCUT2D eigenvalue weighted by Crippen LogP contribution is -2.49. The van der Waals surface area contributed by atoms with Crippen LogP contribution in [0, 0.1) is 11.3 Å². The van der Waals surface area contributed by atoms with Crippen LogP contribution < -0.4 is 11.1 Å². The smallest absolute Gasteiger partial charge is 0.239 e. The van der Waals surface area contributed by atoms with Gasteiger partial charge in [-0.1, -0.05) is 0 Å². The van der Waals surface area contributed by atoms with E-state index >= 15 is 0 Å². The maximum Gasteiger partial charge on any atom is 0.239 e. The second-order valence-corrected chi connectivity index (χ2v) is 3.24. The summed E-state index contributed by atoms with van der Waals surface area (Å²) in [6, 6.07) is 2.00. The van der Waals surface area contributed by atoms with Gasteiger partial charge >= 0.3 is 0 Å². The number of nitriles is 1. The van der Waals surface area contributed by atoms with E-state index < -0.39 is 5.54 Å². The molecule has 4 nitrogen and oxygen atoms in total. The van der Waals surface area contributed by atoms with Gasteiger partial charge in [-0.25, -0.2) is 0 Å². The second kappa shape index (κ2) is 4.73. The number of nitrogens with zero attached hydrogens (tertiary/aromatic N) is 1. The summed E-state index contributed by atoms with van der Waals surface area (Å²) in [4.78, 5) is 11.1. The van der Waals surface area contributed by atoms with Crippen molar-refractivity contribution in [3.63, 3.8) is 0 Å². The molecule has 0 saturated carbocycles. The van der Waals surface area contributed by atoms with Crippen molar-refractivity contribution in [3.8, 4) is 6.07 Å². The SMILES string of the molecule is CC(C)(N)C(=O)NCCCC#N. The minimum Gasteiger partial charge on any atom is -0.354 e. The van der Waals surface area contributed by atoms with E-state index in [2.05, 4.69) is 5.32 Å². The molecule has 3 N–H and O–H groups in total. The summed E-state index contributed by atoms with van der Waals surface area (Å²) < 4.78 is 0. The molecule has 0 atom stereocenters. The Bertz CT molecular complexity index is 187. The van der Waals surface area contributed by atoms with Gasteiger partial charge < -0.3 is 11.1 Å². The fourth-order valence-electron chi connectivity index (χ4n) is 0.597. The van der Waals surface area contributed by atoms with Crippen molar-refractivity contribution in [2.75, 3.05) is 6.54 Å². The van der Waals surface area contributed by atoms with Crippen molar-refractivity contribution in [3.05, 3.63) is 0 Å². The van der Waals surface area contributed by atoms with Gasteiger partial charge in [0.15, 0.2) is 0 Å². The van der Waals surface area contributed by atoms with Crippen LogP contribution in [0.3, 0.4) is 0 Å². The van der Waals surface area contributed by atoms with Gasteiger partial charge in [-0.05, 0) is 20.3 Å². The first-order valence-electron chi connectivity index (χ1n) is 3.92. The monoisotopic (exact) mass is 169 g/mol. The van der Waals surface area contributed by atoms with Gasteiger partial charge in [0.1, 0.15) is 0 Å². The lowest BCUT2D eigenvalue weighted by Gasteiger charge is -2.17. The van der Waals surface area contributed by atoms with Gasteiger partial charge in [0, 0.05) is 13.0 Å². The molecule has 68 valence electrons. The summed E-state index contributed by atoms with van der Waals surface area (Å²) in [5, 5.41) is 10.8. The molecular weight excluding hydrogens is 154 g/mol. The molecule has 0 aromatic carbocycles. The van der Waals surface area contributed by atoms with Crippen LogP contribution in [0.4, 0.5) is 0 Å². The summed E-state index contributed by atoms with van der Waals surface area (Å²) in [6.45, 7) is 3.81. The standard InChI is InChI=1S/C8H15N3O/c1-8(2,10)7(12)11-6-4-3-5-9/h3-4,6,10H2,1-2H3,(H,11,12). The summed E-state index contributed by atoms with van der Waals surface area (Å²) >= 11 is 0. The van der Waals surface area contributed by atoms with Gasteiger partial charge in [-0.2, -0.15) is 5.26 Å². The quantitative estimate of drug-likeness (QED) is 0.588. The first kappa shape index (κ1) is 10.9. The highest BCUT2D eigenvalue weighted by Gasteiger charge is 2.20. The Morgan fingerprint density at radius 1 is 1.67 bits per heavy atom. The number of amides is 1. The van der Waals surface area contributed by atoms with E-state index in [-0.39, 0.29) is 5.91 Å². The Morgan fingerprint density at radius 3 is 2.67 bits per heavy atom. The van der Waals surface area contributed by atoms with Crippen LogP contribution in [0.2, 0.25) is 0 Å². The number of carbonyl (C=O) groups is 1. The molecule has 0 heterocycles. The van der Waals surface area contributed by atoms with E-state index in [4.69, 9.17) is 11.0 Å². The zero-order valence-electron chi connectivity index (χ0n) is 7.55. The van der Waals surface area contributed by atoms with Gasteiger partial charge in [-0.15, -0.1) is 0 Å². The molecule has 4 heteroatoms. The predicted molar refractivity (Wildman–Crippen MR) is 46.1 cm³/mol. The molecule has 0 rings (SSSR count). The number of hydrogen-bond acceptors (Lipinski definition) is 3. The van der Waals surface area contributed by atoms with Crippen molar-refractivity contribution in [2.45, 2.75) is 32.2 Å². The third kappa shape index (κ3) is 4.69. The maximum atomic E-state index is 11.1. The fraction of sp³-hybridized carbons (Fsp3) is 0.750. The highest BCUT2D eigenvalue weighted by molar-refractivity contribution is 5.84. The van der Waals surface area contributed by atoms with Crippen LogP contribution >= 0.6 is 0 Å². The minimum absolute atomic E-state index is 0.180. The topological polar surface area (TPSA) is 78.9 Å².